The summed E-state index contributed by atoms with van der Waals surface area (Å²) in [6.07, 6.45) is 1.71. The van der Waals surface area contributed by atoms with E-state index in [-0.39, 0.29) is 22.8 Å². The van der Waals surface area contributed by atoms with Crippen LogP contribution in [0.25, 0.3) is 11.1 Å². The maximum atomic E-state index is 12.8. The summed E-state index contributed by atoms with van der Waals surface area (Å²) in [7, 11) is -4.12. The van der Waals surface area contributed by atoms with E-state index < -0.39 is 22.0 Å². The molecule has 3 N–H and O–H groups in total. The van der Waals surface area contributed by atoms with Crippen LogP contribution in [0.5, 0.6) is 0 Å². The van der Waals surface area contributed by atoms with Crippen LogP contribution in [0.4, 0.5) is 5.82 Å². The minimum Gasteiger partial charge on any atom is -0.480 e. The van der Waals surface area contributed by atoms with Crippen molar-refractivity contribution in [3.05, 3.63) is 95.5 Å². The van der Waals surface area contributed by atoms with Gasteiger partial charge in [0.1, 0.15) is 22.4 Å². The minimum absolute atomic E-state index is 0.0216. The van der Waals surface area contributed by atoms with Gasteiger partial charge in [-0.25, -0.2) is 13.4 Å². The number of anilines is 1. The zero-order valence-electron chi connectivity index (χ0n) is 19.8. The van der Waals surface area contributed by atoms with E-state index in [9.17, 15) is 18.3 Å². The lowest BCUT2D eigenvalue weighted by atomic mass is 9.99. The monoisotopic (exact) mass is 506 g/mol. The standard InChI is InChI=1S/C26H26N4O5S/c1-17-25(18(2)35-29-17)36(33,34)30-23(26(31)32)15-19-9-11-21(12-10-19)22-7-5-6-20(14-22)16-28-24-8-3-4-13-27-24/h3-14,23,30H,15-16H2,1-2H3,(H,27,28)(H,31,32). The van der Waals surface area contributed by atoms with Gasteiger partial charge >= 0.3 is 5.97 Å². The maximum Gasteiger partial charge on any atom is 0.322 e. The smallest absolute Gasteiger partial charge is 0.322 e. The van der Waals surface area contributed by atoms with Crippen molar-refractivity contribution in [1.29, 1.82) is 0 Å². The number of carboxylic acids is 1. The van der Waals surface area contributed by atoms with Crippen molar-refractivity contribution >= 4 is 21.8 Å². The van der Waals surface area contributed by atoms with Crippen LogP contribution in [0.2, 0.25) is 0 Å². The Morgan fingerprint density at radius 3 is 2.42 bits per heavy atom. The molecule has 0 amide bonds. The SMILES string of the molecule is Cc1noc(C)c1S(=O)(=O)NC(Cc1ccc(-c2cccc(CNc3ccccn3)c2)cc1)C(=O)O. The first kappa shape index (κ1) is 25.1. The van der Waals surface area contributed by atoms with E-state index in [1.807, 2.05) is 48.5 Å². The van der Waals surface area contributed by atoms with Crippen LogP contribution in [0.1, 0.15) is 22.6 Å². The number of aromatic nitrogens is 2. The summed E-state index contributed by atoms with van der Waals surface area (Å²) in [5.41, 5.74) is 3.91. The summed E-state index contributed by atoms with van der Waals surface area (Å²) in [6.45, 7) is 3.57. The minimum atomic E-state index is -4.12. The van der Waals surface area contributed by atoms with Crippen LogP contribution in [-0.2, 0) is 27.8 Å². The van der Waals surface area contributed by atoms with Crippen molar-refractivity contribution in [3.63, 3.8) is 0 Å². The number of aliphatic carboxylic acids is 1. The number of pyridine rings is 1. The van der Waals surface area contributed by atoms with Crippen LogP contribution in [0.3, 0.4) is 0 Å². The molecule has 0 radical (unpaired) electrons. The molecule has 1 atom stereocenters. The Morgan fingerprint density at radius 1 is 1.00 bits per heavy atom. The summed E-state index contributed by atoms with van der Waals surface area (Å²) in [5, 5.41) is 16.6. The number of nitrogens with one attached hydrogen (secondary N) is 2. The van der Waals surface area contributed by atoms with E-state index in [1.54, 1.807) is 18.3 Å². The first-order valence-corrected chi connectivity index (χ1v) is 12.7. The number of rotatable bonds is 10. The second-order valence-electron chi connectivity index (χ2n) is 8.34. The highest BCUT2D eigenvalue weighted by Crippen LogP contribution is 2.23. The number of aryl methyl sites for hydroxylation is 2. The topological polar surface area (TPSA) is 134 Å². The predicted octanol–water partition coefficient (Wildman–Crippen LogP) is 3.94. The Balaban J connectivity index is 1.45. The van der Waals surface area contributed by atoms with Gasteiger partial charge in [0.2, 0.25) is 10.0 Å². The van der Waals surface area contributed by atoms with Gasteiger partial charge in [0.25, 0.3) is 0 Å². The van der Waals surface area contributed by atoms with Crippen molar-refractivity contribution in [3.8, 4) is 11.1 Å². The molecule has 2 heterocycles. The zero-order valence-corrected chi connectivity index (χ0v) is 20.6. The Labute approximate surface area is 209 Å². The quantitative estimate of drug-likeness (QED) is 0.294. The number of nitrogens with zero attached hydrogens (tertiary/aromatic N) is 2. The molecular weight excluding hydrogens is 480 g/mol. The van der Waals surface area contributed by atoms with E-state index in [0.29, 0.717) is 12.1 Å². The number of hydrogen-bond acceptors (Lipinski definition) is 7. The average Bonchev–Trinajstić information content (AvgIpc) is 3.22. The maximum absolute atomic E-state index is 12.8. The van der Waals surface area contributed by atoms with Crippen molar-refractivity contribution in [1.82, 2.24) is 14.9 Å². The molecule has 0 aliphatic carbocycles. The molecule has 0 saturated heterocycles. The van der Waals surface area contributed by atoms with Gasteiger partial charge in [-0.2, -0.15) is 4.72 Å². The van der Waals surface area contributed by atoms with Crippen LogP contribution in [0.15, 0.2) is 82.3 Å². The molecule has 0 saturated carbocycles. The lowest BCUT2D eigenvalue weighted by Crippen LogP contribution is -2.42. The molecule has 2 aromatic carbocycles. The zero-order chi connectivity index (χ0) is 25.7. The van der Waals surface area contributed by atoms with Crippen molar-refractivity contribution in [2.24, 2.45) is 0 Å². The Bertz CT molecular complexity index is 1430. The van der Waals surface area contributed by atoms with E-state index in [2.05, 4.69) is 26.2 Å². The van der Waals surface area contributed by atoms with Crippen molar-refractivity contribution in [2.75, 3.05) is 5.32 Å². The molecule has 0 aliphatic heterocycles. The molecule has 4 aromatic rings. The van der Waals surface area contributed by atoms with Gasteiger partial charge in [-0.15, -0.1) is 0 Å². The lowest BCUT2D eigenvalue weighted by molar-refractivity contribution is -0.138. The highest BCUT2D eigenvalue weighted by atomic mass is 32.2. The largest absolute Gasteiger partial charge is 0.480 e. The van der Waals surface area contributed by atoms with Crippen LogP contribution < -0.4 is 10.0 Å². The fraction of sp³-hybridized carbons (Fsp3) is 0.192. The van der Waals surface area contributed by atoms with Gasteiger partial charge in [0, 0.05) is 12.7 Å². The van der Waals surface area contributed by atoms with Crippen molar-refractivity contribution < 1.29 is 22.8 Å². The van der Waals surface area contributed by atoms with E-state index in [0.717, 1.165) is 22.5 Å². The average molecular weight is 507 g/mol. The number of sulfonamides is 1. The number of carboxylic acid groups (broad SMARTS) is 1. The molecule has 0 aliphatic rings. The Morgan fingerprint density at radius 2 is 1.78 bits per heavy atom. The molecule has 0 spiro atoms. The molecule has 9 nitrogen and oxygen atoms in total. The molecular formula is C26H26N4O5S. The Hall–Kier alpha value is -4.02. The van der Waals surface area contributed by atoms with Gasteiger partial charge in [-0.05, 0) is 60.7 Å². The van der Waals surface area contributed by atoms with Crippen LogP contribution in [0, 0.1) is 13.8 Å². The van der Waals surface area contributed by atoms with Gasteiger partial charge in [0.15, 0.2) is 5.76 Å². The third kappa shape index (κ3) is 5.96. The van der Waals surface area contributed by atoms with Gasteiger partial charge in [-0.3, -0.25) is 4.79 Å². The first-order chi connectivity index (χ1) is 17.2. The molecule has 186 valence electrons. The summed E-state index contributed by atoms with van der Waals surface area (Å²) < 4.78 is 32.7. The number of carbonyl (C=O) groups is 1. The molecule has 0 bridgehead atoms. The van der Waals surface area contributed by atoms with E-state index >= 15 is 0 Å². The second kappa shape index (κ2) is 10.7. The Kier molecular flexibility index (Phi) is 7.47. The highest BCUT2D eigenvalue weighted by Gasteiger charge is 2.30. The third-order valence-corrected chi connectivity index (χ3v) is 7.34. The number of benzene rings is 2. The fourth-order valence-electron chi connectivity index (χ4n) is 3.87. The normalized spacial score (nSPS) is 12.3. The fourth-order valence-corrected chi connectivity index (χ4v) is 5.39. The summed E-state index contributed by atoms with van der Waals surface area (Å²) >= 11 is 0. The van der Waals surface area contributed by atoms with Crippen LogP contribution in [-0.4, -0.2) is 35.7 Å². The summed E-state index contributed by atoms with van der Waals surface area (Å²) in [6, 6.07) is 19.8. The third-order valence-electron chi connectivity index (χ3n) is 5.62. The van der Waals surface area contributed by atoms with Gasteiger partial charge in [0.05, 0.1) is 0 Å². The highest BCUT2D eigenvalue weighted by molar-refractivity contribution is 7.89. The summed E-state index contributed by atoms with van der Waals surface area (Å²) in [5.74, 6) is -0.376. The van der Waals surface area contributed by atoms with E-state index in [1.165, 1.54) is 13.8 Å². The molecule has 10 heteroatoms. The molecule has 1 unspecified atom stereocenters. The van der Waals surface area contributed by atoms with Crippen molar-refractivity contribution in [2.45, 2.75) is 37.8 Å². The molecule has 2 aromatic heterocycles. The van der Waals surface area contributed by atoms with Gasteiger partial charge < -0.3 is 14.9 Å². The van der Waals surface area contributed by atoms with Crippen LogP contribution >= 0.6 is 0 Å². The summed E-state index contributed by atoms with van der Waals surface area (Å²) in [4.78, 5) is 16.0. The second-order valence-corrected chi connectivity index (χ2v) is 9.99. The first-order valence-electron chi connectivity index (χ1n) is 11.2. The molecule has 36 heavy (non-hydrogen) atoms. The molecule has 4 rings (SSSR count). The van der Waals surface area contributed by atoms with Gasteiger partial charge in [-0.1, -0.05) is 53.7 Å². The van der Waals surface area contributed by atoms with E-state index in [4.69, 9.17) is 4.52 Å². The molecule has 0 fully saturated rings. The predicted molar refractivity (Wildman–Crippen MR) is 135 cm³/mol. The lowest BCUT2D eigenvalue weighted by Gasteiger charge is -2.15. The number of hydrogen-bond donors (Lipinski definition) is 3.